The summed E-state index contributed by atoms with van der Waals surface area (Å²) in [6.07, 6.45) is 1.01. The first-order valence-electron chi connectivity index (χ1n) is 3.62. The molecule has 70 valence electrons. The summed E-state index contributed by atoms with van der Waals surface area (Å²) in [4.78, 5) is 0. The third-order valence-electron chi connectivity index (χ3n) is 1.36. The molecule has 0 nitrogen and oxygen atoms in total. The zero-order valence-electron chi connectivity index (χ0n) is 7.55. The van der Waals surface area contributed by atoms with Crippen LogP contribution in [0, 0.1) is 0 Å². The van der Waals surface area contributed by atoms with E-state index in [1.54, 1.807) is 18.2 Å². The van der Waals surface area contributed by atoms with Crippen molar-refractivity contribution in [1.29, 1.82) is 0 Å². The fourth-order valence-electron chi connectivity index (χ4n) is 0.830. The Kier molecular flexibility index (Phi) is 6.69. The molecule has 0 aliphatic heterocycles. The van der Waals surface area contributed by atoms with Crippen LogP contribution >= 0.6 is 11.6 Å². The van der Waals surface area contributed by atoms with Gasteiger partial charge in [0.05, 0.1) is 0 Å². The number of hydrogen-bond acceptors (Lipinski definition) is 0. The van der Waals surface area contributed by atoms with Crippen molar-refractivity contribution in [3.05, 3.63) is 40.8 Å². The molecule has 0 fully saturated rings. The predicted molar refractivity (Wildman–Crippen MR) is 49.6 cm³/mol. The quantitative estimate of drug-likeness (QED) is 0.674. The van der Waals surface area contributed by atoms with Crippen molar-refractivity contribution in [3.8, 4) is 0 Å². The van der Waals surface area contributed by atoms with Gasteiger partial charge in [0.25, 0.3) is 0 Å². The SMILES string of the molecule is F[B-](F)(F)/C=C/c1cccc(Cl)c1.[K+]. The molecule has 0 aliphatic carbocycles. The molecule has 0 aromatic heterocycles. The van der Waals surface area contributed by atoms with Crippen LogP contribution in [-0.4, -0.2) is 6.98 Å². The molecule has 0 aliphatic rings. The third kappa shape index (κ3) is 6.27. The van der Waals surface area contributed by atoms with Gasteiger partial charge in [-0.15, -0.1) is 5.98 Å². The number of benzene rings is 1. The monoisotopic (exact) mass is 244 g/mol. The number of halogens is 4. The molecule has 0 heterocycles. The van der Waals surface area contributed by atoms with Crippen molar-refractivity contribution in [2.45, 2.75) is 0 Å². The standard InChI is InChI=1S/C8H6BClF3.K/c10-8-3-1-2-7(6-8)4-5-9(11,12)13;/h1-6H;/q-1;+1/b5-4+;. The molecule has 0 atom stereocenters. The van der Waals surface area contributed by atoms with Gasteiger partial charge in [0.1, 0.15) is 0 Å². The van der Waals surface area contributed by atoms with Gasteiger partial charge >= 0.3 is 58.4 Å². The summed E-state index contributed by atoms with van der Waals surface area (Å²) in [6, 6.07) is 6.24. The van der Waals surface area contributed by atoms with Gasteiger partial charge in [0.2, 0.25) is 0 Å². The van der Waals surface area contributed by atoms with Gasteiger partial charge in [-0.1, -0.05) is 29.8 Å². The number of hydrogen-bond donors (Lipinski definition) is 0. The van der Waals surface area contributed by atoms with Gasteiger partial charge in [-0.05, 0) is 17.7 Å². The van der Waals surface area contributed by atoms with Gasteiger partial charge in [0, 0.05) is 5.02 Å². The molecule has 0 amide bonds. The maximum Gasteiger partial charge on any atom is 1.00 e. The maximum atomic E-state index is 11.8. The Labute approximate surface area is 128 Å². The fourth-order valence-corrected chi connectivity index (χ4v) is 1.03. The molecule has 0 bridgehead atoms. The van der Waals surface area contributed by atoms with Crippen molar-refractivity contribution in [1.82, 2.24) is 0 Å². The van der Waals surface area contributed by atoms with E-state index in [2.05, 4.69) is 0 Å². The smallest absolute Gasteiger partial charge is 0.445 e. The summed E-state index contributed by atoms with van der Waals surface area (Å²) in [5, 5.41) is 0.428. The average Bonchev–Trinajstić information content (AvgIpc) is 2.00. The Bertz CT molecular complexity index is 325. The van der Waals surface area contributed by atoms with Crippen LogP contribution < -0.4 is 51.4 Å². The molecule has 1 aromatic carbocycles. The Morgan fingerprint density at radius 1 is 1.21 bits per heavy atom. The summed E-state index contributed by atoms with van der Waals surface area (Å²) in [5.41, 5.74) is 0.451. The second-order valence-electron chi connectivity index (χ2n) is 2.54. The zero-order valence-corrected chi connectivity index (χ0v) is 11.4. The second kappa shape index (κ2) is 6.35. The van der Waals surface area contributed by atoms with Gasteiger partial charge in [-0.3, -0.25) is 0 Å². The van der Waals surface area contributed by atoms with E-state index in [0.717, 1.165) is 6.08 Å². The molecule has 0 saturated heterocycles. The molecule has 1 aromatic rings. The fraction of sp³-hybridized carbons (Fsp3) is 0. The first kappa shape index (κ1) is 14.7. The van der Waals surface area contributed by atoms with E-state index in [4.69, 9.17) is 11.6 Å². The van der Waals surface area contributed by atoms with Gasteiger partial charge in [-0.2, -0.15) is 0 Å². The average molecular weight is 244 g/mol. The molecule has 0 saturated carbocycles. The Hall–Kier alpha value is 0.741. The third-order valence-corrected chi connectivity index (χ3v) is 1.59. The van der Waals surface area contributed by atoms with Crippen LogP contribution in [0.2, 0.25) is 5.02 Å². The normalized spacial score (nSPS) is 11.4. The largest absolute Gasteiger partial charge is 1.00 e. The minimum Gasteiger partial charge on any atom is -0.445 e. The van der Waals surface area contributed by atoms with Crippen LogP contribution in [-0.2, 0) is 0 Å². The van der Waals surface area contributed by atoms with Crippen LogP contribution in [0.15, 0.2) is 30.2 Å². The second-order valence-corrected chi connectivity index (χ2v) is 2.98. The van der Waals surface area contributed by atoms with E-state index in [9.17, 15) is 12.9 Å². The Morgan fingerprint density at radius 2 is 1.86 bits per heavy atom. The first-order valence-corrected chi connectivity index (χ1v) is 4.00. The van der Waals surface area contributed by atoms with E-state index >= 15 is 0 Å². The Balaban J connectivity index is 0.00000169. The van der Waals surface area contributed by atoms with Gasteiger partial charge in [-0.25, -0.2) is 0 Å². The summed E-state index contributed by atoms with van der Waals surface area (Å²) >= 11 is 5.58. The summed E-state index contributed by atoms with van der Waals surface area (Å²) in [5.74, 6) is 0.242. The molecule has 14 heavy (non-hydrogen) atoms. The van der Waals surface area contributed by atoms with Crippen molar-refractivity contribution >= 4 is 24.7 Å². The molecular formula is C8H6BClF3K. The van der Waals surface area contributed by atoms with Crippen LogP contribution in [0.3, 0.4) is 0 Å². The van der Waals surface area contributed by atoms with E-state index < -0.39 is 6.98 Å². The molecule has 0 radical (unpaired) electrons. The van der Waals surface area contributed by atoms with Crippen LogP contribution in [0.5, 0.6) is 0 Å². The Morgan fingerprint density at radius 3 is 2.36 bits per heavy atom. The summed E-state index contributed by atoms with van der Waals surface area (Å²) < 4.78 is 35.4. The molecule has 0 unspecified atom stereocenters. The first-order chi connectivity index (χ1) is 5.97. The molecule has 0 spiro atoms. The van der Waals surface area contributed by atoms with E-state index in [0.29, 0.717) is 10.6 Å². The summed E-state index contributed by atoms with van der Waals surface area (Å²) in [6.45, 7) is -4.86. The van der Waals surface area contributed by atoms with Crippen molar-refractivity contribution in [2.24, 2.45) is 0 Å². The molecular weight excluding hydrogens is 238 g/mol. The maximum absolute atomic E-state index is 11.8. The zero-order chi connectivity index (χ0) is 9.90. The molecule has 1 rings (SSSR count). The van der Waals surface area contributed by atoms with Crippen molar-refractivity contribution in [3.63, 3.8) is 0 Å². The van der Waals surface area contributed by atoms with Crippen LogP contribution in [0.1, 0.15) is 5.56 Å². The van der Waals surface area contributed by atoms with E-state index in [-0.39, 0.29) is 57.4 Å². The van der Waals surface area contributed by atoms with Crippen LogP contribution in [0.25, 0.3) is 6.08 Å². The van der Waals surface area contributed by atoms with E-state index in [1.165, 1.54) is 6.07 Å². The predicted octanol–water partition coefficient (Wildman–Crippen LogP) is 0.744. The molecule has 6 heteroatoms. The minimum atomic E-state index is -4.86. The van der Waals surface area contributed by atoms with Crippen molar-refractivity contribution in [2.75, 3.05) is 0 Å². The van der Waals surface area contributed by atoms with Crippen LogP contribution in [0.4, 0.5) is 12.9 Å². The van der Waals surface area contributed by atoms with Crippen molar-refractivity contribution < 1.29 is 64.3 Å². The minimum absolute atomic E-state index is 0. The number of rotatable bonds is 2. The summed E-state index contributed by atoms with van der Waals surface area (Å²) in [7, 11) is 0. The topological polar surface area (TPSA) is 0 Å². The van der Waals surface area contributed by atoms with Gasteiger partial charge < -0.3 is 12.9 Å². The van der Waals surface area contributed by atoms with Gasteiger partial charge in [0.15, 0.2) is 0 Å². The van der Waals surface area contributed by atoms with E-state index in [1.807, 2.05) is 0 Å². The molecule has 0 N–H and O–H groups in total.